The first-order valence-electron chi connectivity index (χ1n) is 7.67. The zero-order valence-electron chi connectivity index (χ0n) is 12.9. The monoisotopic (exact) mass is 284 g/mol. The van der Waals surface area contributed by atoms with Crippen LogP contribution in [0.1, 0.15) is 65.2 Å². The van der Waals surface area contributed by atoms with E-state index in [1.807, 2.05) is 6.92 Å². The first-order valence-corrected chi connectivity index (χ1v) is 7.67. The van der Waals surface area contributed by atoms with Crippen LogP contribution in [0.15, 0.2) is 0 Å². The summed E-state index contributed by atoms with van der Waals surface area (Å²) in [5, 5.41) is 12.1. The number of carboxylic acids is 1. The quantitative estimate of drug-likeness (QED) is 0.787. The SMILES string of the molecule is CCCC(C)N(C)C(=O)NC1(CC(=O)O)CCCCC1. The number of nitrogens with zero attached hydrogens (tertiary/aromatic N) is 1. The molecule has 0 aliphatic heterocycles. The second kappa shape index (κ2) is 7.50. The van der Waals surface area contributed by atoms with Crippen molar-refractivity contribution in [2.24, 2.45) is 0 Å². The standard InChI is InChI=1S/C15H28N2O3/c1-4-8-12(2)17(3)14(20)16-15(11-13(18)19)9-6-5-7-10-15/h12H,4-11H2,1-3H3,(H,16,20)(H,18,19). The van der Waals surface area contributed by atoms with Crippen molar-refractivity contribution in [3.63, 3.8) is 0 Å². The van der Waals surface area contributed by atoms with Gasteiger partial charge in [0.15, 0.2) is 0 Å². The normalized spacial score (nSPS) is 19.1. The van der Waals surface area contributed by atoms with Crippen LogP contribution in [0.5, 0.6) is 0 Å². The Morgan fingerprint density at radius 1 is 1.30 bits per heavy atom. The predicted octanol–water partition coefficient (Wildman–Crippen LogP) is 2.99. The third-order valence-corrected chi connectivity index (χ3v) is 4.36. The number of carbonyl (C=O) groups excluding carboxylic acids is 1. The molecule has 5 heteroatoms. The number of amides is 2. The molecular formula is C15H28N2O3. The van der Waals surface area contributed by atoms with Gasteiger partial charge in [0.2, 0.25) is 0 Å². The number of nitrogens with one attached hydrogen (secondary N) is 1. The highest BCUT2D eigenvalue weighted by atomic mass is 16.4. The molecule has 0 saturated heterocycles. The average Bonchev–Trinajstić information content (AvgIpc) is 2.37. The third-order valence-electron chi connectivity index (χ3n) is 4.36. The van der Waals surface area contributed by atoms with Gasteiger partial charge in [0, 0.05) is 13.1 Å². The molecule has 0 bridgehead atoms. The summed E-state index contributed by atoms with van der Waals surface area (Å²) < 4.78 is 0. The van der Waals surface area contributed by atoms with Gasteiger partial charge in [0.25, 0.3) is 0 Å². The van der Waals surface area contributed by atoms with Crippen LogP contribution in [0.2, 0.25) is 0 Å². The van der Waals surface area contributed by atoms with E-state index in [1.165, 1.54) is 0 Å². The Hall–Kier alpha value is -1.26. The molecule has 5 nitrogen and oxygen atoms in total. The van der Waals surface area contributed by atoms with Crippen LogP contribution in [0.3, 0.4) is 0 Å². The number of rotatable bonds is 6. The van der Waals surface area contributed by atoms with Gasteiger partial charge in [-0.25, -0.2) is 4.79 Å². The van der Waals surface area contributed by atoms with Crippen molar-refractivity contribution in [3.8, 4) is 0 Å². The minimum atomic E-state index is -0.837. The fraction of sp³-hybridized carbons (Fsp3) is 0.867. The van der Waals surface area contributed by atoms with E-state index in [4.69, 9.17) is 5.11 Å². The van der Waals surface area contributed by atoms with Gasteiger partial charge in [-0.1, -0.05) is 32.6 Å². The molecule has 1 unspecified atom stereocenters. The second-order valence-corrected chi connectivity index (χ2v) is 6.09. The van der Waals surface area contributed by atoms with Gasteiger partial charge in [-0.05, 0) is 26.2 Å². The van der Waals surface area contributed by atoms with Crippen molar-refractivity contribution < 1.29 is 14.7 Å². The van der Waals surface area contributed by atoms with Gasteiger partial charge in [-0.3, -0.25) is 4.79 Å². The van der Waals surface area contributed by atoms with Gasteiger partial charge in [0.1, 0.15) is 0 Å². The summed E-state index contributed by atoms with van der Waals surface area (Å²) in [6.07, 6.45) is 6.63. The summed E-state index contributed by atoms with van der Waals surface area (Å²) in [5.74, 6) is -0.837. The van der Waals surface area contributed by atoms with Crippen LogP contribution in [0, 0.1) is 0 Å². The summed E-state index contributed by atoms with van der Waals surface area (Å²) in [5.41, 5.74) is -0.554. The summed E-state index contributed by atoms with van der Waals surface area (Å²) in [4.78, 5) is 25.1. The Bertz CT molecular complexity index is 338. The zero-order valence-corrected chi connectivity index (χ0v) is 12.9. The lowest BCUT2D eigenvalue weighted by molar-refractivity contribution is -0.139. The molecule has 0 radical (unpaired) electrons. The highest BCUT2D eigenvalue weighted by molar-refractivity contribution is 5.77. The van der Waals surface area contributed by atoms with Crippen molar-refractivity contribution in [3.05, 3.63) is 0 Å². The van der Waals surface area contributed by atoms with E-state index < -0.39 is 11.5 Å². The zero-order chi connectivity index (χ0) is 15.2. The minimum Gasteiger partial charge on any atom is -0.481 e. The van der Waals surface area contributed by atoms with Crippen LogP contribution in [-0.2, 0) is 4.79 Å². The Labute approximate surface area is 121 Å². The molecule has 116 valence electrons. The highest BCUT2D eigenvalue weighted by Gasteiger charge is 2.36. The molecule has 1 aliphatic carbocycles. The molecule has 0 heterocycles. The summed E-state index contributed by atoms with van der Waals surface area (Å²) in [6, 6.07) is 0.0274. The topological polar surface area (TPSA) is 69.6 Å². The maximum absolute atomic E-state index is 12.3. The first-order chi connectivity index (χ1) is 9.40. The van der Waals surface area contributed by atoms with E-state index in [1.54, 1.807) is 11.9 Å². The van der Waals surface area contributed by atoms with Gasteiger partial charge < -0.3 is 15.3 Å². The molecule has 1 rings (SSSR count). The van der Waals surface area contributed by atoms with Crippen molar-refractivity contribution in [1.29, 1.82) is 0 Å². The van der Waals surface area contributed by atoms with Crippen LogP contribution >= 0.6 is 0 Å². The van der Waals surface area contributed by atoms with E-state index >= 15 is 0 Å². The summed E-state index contributed by atoms with van der Waals surface area (Å²) in [6.45, 7) is 4.11. The van der Waals surface area contributed by atoms with Gasteiger partial charge in [-0.15, -0.1) is 0 Å². The molecule has 2 amide bonds. The number of hydrogen-bond donors (Lipinski definition) is 2. The molecule has 2 N–H and O–H groups in total. The smallest absolute Gasteiger partial charge is 0.317 e. The molecule has 1 saturated carbocycles. The van der Waals surface area contributed by atoms with Gasteiger partial charge in [-0.2, -0.15) is 0 Å². The summed E-state index contributed by atoms with van der Waals surface area (Å²) >= 11 is 0. The lowest BCUT2D eigenvalue weighted by Gasteiger charge is -2.39. The number of carboxylic acid groups (broad SMARTS) is 1. The molecule has 0 aromatic rings. The van der Waals surface area contributed by atoms with Gasteiger partial charge >= 0.3 is 12.0 Å². The largest absolute Gasteiger partial charge is 0.481 e. The van der Waals surface area contributed by atoms with E-state index in [2.05, 4.69) is 12.2 Å². The number of urea groups is 1. The molecule has 0 spiro atoms. The van der Waals surface area contributed by atoms with Crippen molar-refractivity contribution in [2.45, 2.75) is 76.8 Å². The van der Waals surface area contributed by atoms with Gasteiger partial charge in [0.05, 0.1) is 12.0 Å². The summed E-state index contributed by atoms with van der Waals surface area (Å²) in [7, 11) is 1.78. The molecular weight excluding hydrogens is 256 g/mol. The molecule has 0 aromatic heterocycles. The molecule has 1 fully saturated rings. The fourth-order valence-electron chi connectivity index (χ4n) is 2.99. The van der Waals surface area contributed by atoms with Crippen LogP contribution in [0.25, 0.3) is 0 Å². The van der Waals surface area contributed by atoms with Crippen LogP contribution in [0.4, 0.5) is 4.79 Å². The van der Waals surface area contributed by atoms with Crippen LogP contribution < -0.4 is 5.32 Å². The third kappa shape index (κ3) is 4.69. The van der Waals surface area contributed by atoms with Crippen molar-refractivity contribution in [2.75, 3.05) is 7.05 Å². The predicted molar refractivity (Wildman–Crippen MR) is 78.7 cm³/mol. The fourth-order valence-corrected chi connectivity index (χ4v) is 2.99. The lowest BCUT2D eigenvalue weighted by Crippen LogP contribution is -2.55. The molecule has 20 heavy (non-hydrogen) atoms. The van der Waals surface area contributed by atoms with E-state index in [0.717, 1.165) is 44.9 Å². The number of hydrogen-bond acceptors (Lipinski definition) is 2. The molecule has 0 aromatic carbocycles. The lowest BCUT2D eigenvalue weighted by atomic mass is 9.79. The van der Waals surface area contributed by atoms with E-state index in [-0.39, 0.29) is 18.5 Å². The Morgan fingerprint density at radius 2 is 1.90 bits per heavy atom. The molecule has 1 aliphatic rings. The van der Waals surface area contributed by atoms with E-state index in [0.29, 0.717) is 0 Å². The van der Waals surface area contributed by atoms with E-state index in [9.17, 15) is 9.59 Å². The highest BCUT2D eigenvalue weighted by Crippen LogP contribution is 2.31. The van der Waals surface area contributed by atoms with Crippen molar-refractivity contribution >= 4 is 12.0 Å². The van der Waals surface area contributed by atoms with Crippen LogP contribution in [-0.4, -0.2) is 40.6 Å². The Morgan fingerprint density at radius 3 is 2.40 bits per heavy atom. The number of aliphatic carboxylic acids is 1. The maximum Gasteiger partial charge on any atom is 0.317 e. The first kappa shape index (κ1) is 16.8. The Balaban J connectivity index is 2.69. The maximum atomic E-state index is 12.3. The second-order valence-electron chi connectivity index (χ2n) is 6.09. The number of carbonyl (C=O) groups is 2. The minimum absolute atomic E-state index is 0.0226. The van der Waals surface area contributed by atoms with Crippen molar-refractivity contribution in [1.82, 2.24) is 10.2 Å². The molecule has 1 atom stereocenters. The Kier molecular flexibility index (Phi) is 6.30. The average molecular weight is 284 g/mol.